The Morgan fingerprint density at radius 3 is 2.18 bits per heavy atom. The first-order valence-corrected chi connectivity index (χ1v) is 17.9. The summed E-state index contributed by atoms with van der Waals surface area (Å²) in [6.45, 7) is 2.48. The van der Waals surface area contributed by atoms with Gasteiger partial charge in [-0.2, -0.15) is 9.46 Å². The number of nitrogens with zero attached hydrogens (tertiary/aromatic N) is 4. The number of benzene rings is 4. The van der Waals surface area contributed by atoms with Gasteiger partial charge >= 0.3 is 6.03 Å². The first kappa shape index (κ1) is 33.5. The fourth-order valence-corrected chi connectivity index (χ4v) is 8.14. The average molecular weight is 703 g/mol. The van der Waals surface area contributed by atoms with Crippen LogP contribution < -0.4 is 19.5 Å². The van der Waals surface area contributed by atoms with Gasteiger partial charge in [0.1, 0.15) is 16.3 Å². The van der Waals surface area contributed by atoms with Crippen molar-refractivity contribution in [2.24, 2.45) is 4.36 Å². The molecule has 1 aliphatic heterocycles. The Hall–Kier alpha value is -6.01. The maximum absolute atomic E-state index is 15.9. The Kier molecular flexibility index (Phi) is 9.24. The van der Waals surface area contributed by atoms with Crippen molar-refractivity contribution >= 4 is 21.6 Å². The molecule has 51 heavy (non-hydrogen) atoms. The first-order valence-electron chi connectivity index (χ1n) is 16.3. The second kappa shape index (κ2) is 14.1. The van der Waals surface area contributed by atoms with Crippen LogP contribution in [0.4, 0.5) is 14.9 Å². The van der Waals surface area contributed by atoms with Crippen molar-refractivity contribution in [2.45, 2.75) is 30.3 Å². The summed E-state index contributed by atoms with van der Waals surface area (Å²) in [5.74, 6) is 0.0671. The number of rotatable bonds is 9. The lowest BCUT2D eigenvalue weighted by molar-refractivity contribution is 0.224. The summed E-state index contributed by atoms with van der Waals surface area (Å²) >= 11 is 0. The number of urea groups is 1. The van der Waals surface area contributed by atoms with Gasteiger partial charge in [-0.3, -0.25) is 0 Å². The normalized spacial score (nSPS) is 13.6. The van der Waals surface area contributed by atoms with Crippen molar-refractivity contribution in [1.82, 2.24) is 19.5 Å². The summed E-state index contributed by atoms with van der Waals surface area (Å²) < 4.78 is 51.9. The summed E-state index contributed by atoms with van der Waals surface area (Å²) in [5.41, 5.74) is 2.26. The summed E-state index contributed by atoms with van der Waals surface area (Å²) in [7, 11) is -2.47. The van der Waals surface area contributed by atoms with Gasteiger partial charge in [-0.25, -0.2) is 27.8 Å². The highest BCUT2D eigenvalue weighted by molar-refractivity contribution is 7.92. The third kappa shape index (κ3) is 6.41. The molecule has 10 nitrogen and oxygen atoms in total. The number of ether oxygens (including phenoxy) is 2. The van der Waals surface area contributed by atoms with Gasteiger partial charge in [0.05, 0.1) is 25.6 Å². The summed E-state index contributed by atoms with van der Waals surface area (Å²) in [4.78, 5) is 18.5. The van der Waals surface area contributed by atoms with E-state index in [1.54, 1.807) is 36.0 Å². The quantitative estimate of drug-likeness (QED) is 0.149. The van der Waals surface area contributed by atoms with E-state index >= 15 is 8.60 Å². The number of carbonyl (C=O) groups excluding carboxylic acids is 1. The highest BCUT2D eigenvalue weighted by Gasteiger charge is 2.40. The van der Waals surface area contributed by atoms with Crippen LogP contribution in [0.25, 0.3) is 11.1 Å². The molecule has 1 unspecified atom stereocenters. The molecule has 2 amide bonds. The van der Waals surface area contributed by atoms with E-state index in [2.05, 4.69) is 20.1 Å². The Balaban J connectivity index is 1.44. The molecular formula is C39H35FN6O4S. The van der Waals surface area contributed by atoms with E-state index in [1.165, 1.54) is 19.4 Å². The Bertz CT molecular complexity index is 2210. The van der Waals surface area contributed by atoms with Crippen LogP contribution >= 0.6 is 0 Å². The number of aryl methyl sites for hydroxylation is 1. The third-order valence-electron chi connectivity index (χ3n) is 8.77. The molecule has 7 rings (SSSR count). The predicted molar refractivity (Wildman–Crippen MR) is 193 cm³/mol. The van der Waals surface area contributed by atoms with Crippen LogP contribution in [0.1, 0.15) is 28.7 Å². The summed E-state index contributed by atoms with van der Waals surface area (Å²) in [5, 5.41) is 7.27. The van der Waals surface area contributed by atoms with E-state index < -0.39 is 27.3 Å². The number of anilines is 1. The van der Waals surface area contributed by atoms with Crippen molar-refractivity contribution in [2.75, 3.05) is 19.0 Å². The van der Waals surface area contributed by atoms with E-state index in [0.717, 1.165) is 0 Å². The van der Waals surface area contributed by atoms with Crippen molar-refractivity contribution < 1.29 is 22.9 Å². The molecule has 0 radical (unpaired) electrons. The number of halogens is 1. The lowest BCUT2D eigenvalue weighted by Gasteiger charge is -2.33. The molecule has 0 fully saturated rings. The second-order valence-electron chi connectivity index (χ2n) is 11.9. The molecule has 2 aromatic heterocycles. The van der Waals surface area contributed by atoms with Crippen molar-refractivity contribution in [3.8, 4) is 22.9 Å². The zero-order chi connectivity index (χ0) is 35.4. The molecular weight excluding hydrogens is 668 g/mol. The summed E-state index contributed by atoms with van der Waals surface area (Å²) in [6, 6.07) is 33.9. The molecule has 12 heteroatoms. The van der Waals surface area contributed by atoms with Gasteiger partial charge in [-0.05, 0) is 47.4 Å². The standard InChI is InChI=1S/C39H35FN6O4S/c1-27-33(40)20-19-32(28-21-22-41-35(25-28)49-2)36(27)43-38(47)44-51(48,34-26-42-46-23-12-24-50-37(34)46)45-39(29-13-6-3-7-14-29,30-15-8-4-9-16-30)31-17-10-5-11-18-31/h3-11,13-22,25-26H,12,23-24H2,1-2H3,(H2,43,44,45,47,48). The fraction of sp³-hybridized carbons (Fsp3) is 0.154. The molecule has 4 aromatic carbocycles. The zero-order valence-corrected chi connectivity index (χ0v) is 28.8. The van der Waals surface area contributed by atoms with E-state index in [1.807, 2.05) is 91.0 Å². The van der Waals surface area contributed by atoms with Crippen LogP contribution in [0.2, 0.25) is 0 Å². The van der Waals surface area contributed by atoms with Crippen LogP contribution in [0.5, 0.6) is 11.8 Å². The van der Waals surface area contributed by atoms with Gasteiger partial charge in [0.2, 0.25) is 11.8 Å². The largest absolute Gasteiger partial charge is 0.481 e. The second-order valence-corrected chi connectivity index (χ2v) is 13.8. The predicted octanol–water partition coefficient (Wildman–Crippen LogP) is 7.74. The molecule has 0 aliphatic carbocycles. The van der Waals surface area contributed by atoms with E-state index in [9.17, 15) is 4.79 Å². The minimum atomic E-state index is -3.97. The lowest BCUT2D eigenvalue weighted by atomic mass is 9.78. The van der Waals surface area contributed by atoms with Gasteiger partial charge in [0.25, 0.3) is 0 Å². The third-order valence-corrected chi connectivity index (χ3v) is 10.6. The van der Waals surface area contributed by atoms with Crippen LogP contribution in [0, 0.1) is 12.7 Å². The molecule has 6 aromatic rings. The van der Waals surface area contributed by atoms with E-state index in [4.69, 9.17) is 13.8 Å². The van der Waals surface area contributed by atoms with Crippen LogP contribution in [-0.4, -0.2) is 38.7 Å². The van der Waals surface area contributed by atoms with E-state index in [0.29, 0.717) is 53.3 Å². The van der Waals surface area contributed by atoms with Gasteiger partial charge in [0, 0.05) is 36.4 Å². The van der Waals surface area contributed by atoms with Gasteiger partial charge in [-0.1, -0.05) is 91.0 Å². The Morgan fingerprint density at radius 2 is 1.57 bits per heavy atom. The minimum absolute atomic E-state index is 0.111. The fourth-order valence-electron chi connectivity index (χ4n) is 6.29. The number of methoxy groups -OCH3 is 1. The maximum atomic E-state index is 15.9. The number of nitrogens with one attached hydrogen (secondary N) is 2. The molecule has 2 N–H and O–H groups in total. The Morgan fingerprint density at radius 1 is 0.941 bits per heavy atom. The van der Waals surface area contributed by atoms with Crippen LogP contribution in [-0.2, 0) is 22.0 Å². The van der Waals surface area contributed by atoms with Crippen molar-refractivity contribution in [3.63, 3.8) is 0 Å². The maximum Gasteiger partial charge on any atom is 0.331 e. The Labute approximate surface area is 295 Å². The number of hydrogen-bond donors (Lipinski definition) is 2. The SMILES string of the molecule is COc1cc(-c2ccc(F)c(C)c2NC(=O)NS(=O)(=NC(c2ccccc2)(c2ccccc2)c2ccccc2)c2cnn3c2OCCC3)ccn1. The number of fused-ring (bicyclic) bond motifs is 1. The van der Waals surface area contributed by atoms with E-state index in [-0.39, 0.29) is 22.0 Å². The number of aromatic nitrogens is 3. The average Bonchev–Trinajstić information content (AvgIpc) is 3.62. The molecule has 0 saturated carbocycles. The molecule has 1 atom stereocenters. The first-order chi connectivity index (χ1) is 24.8. The number of pyridine rings is 1. The highest BCUT2D eigenvalue weighted by Crippen LogP contribution is 2.43. The highest BCUT2D eigenvalue weighted by atomic mass is 32.2. The van der Waals surface area contributed by atoms with Crippen molar-refractivity contribution in [1.29, 1.82) is 0 Å². The molecule has 0 saturated heterocycles. The molecule has 3 heterocycles. The zero-order valence-electron chi connectivity index (χ0n) is 28.0. The lowest BCUT2D eigenvalue weighted by Crippen LogP contribution is -2.38. The molecule has 0 bridgehead atoms. The number of carbonyl (C=O) groups is 1. The monoisotopic (exact) mass is 702 g/mol. The molecule has 0 spiro atoms. The summed E-state index contributed by atoms with van der Waals surface area (Å²) in [6.07, 6.45) is 3.70. The van der Waals surface area contributed by atoms with Gasteiger partial charge in [-0.15, -0.1) is 0 Å². The van der Waals surface area contributed by atoms with Crippen LogP contribution in [0.15, 0.2) is 137 Å². The number of hydrogen-bond acceptors (Lipinski definition) is 7. The van der Waals surface area contributed by atoms with Crippen LogP contribution in [0.3, 0.4) is 0 Å². The minimum Gasteiger partial charge on any atom is -0.481 e. The topological polar surface area (TPSA) is 120 Å². The van der Waals surface area contributed by atoms with Crippen molar-refractivity contribution in [3.05, 3.63) is 156 Å². The molecule has 258 valence electrons. The smallest absolute Gasteiger partial charge is 0.331 e. The van der Waals surface area contributed by atoms with Gasteiger partial charge in [0.15, 0.2) is 9.92 Å². The van der Waals surface area contributed by atoms with Gasteiger partial charge < -0.3 is 14.8 Å². The molecule has 1 aliphatic rings. The number of amides is 2.